The van der Waals surface area contributed by atoms with E-state index in [-0.39, 0.29) is 0 Å². The molecule has 1 unspecified atom stereocenters. The van der Waals surface area contributed by atoms with Crippen LogP contribution in [0.5, 0.6) is 0 Å². The molecule has 49 heavy (non-hydrogen) atoms. The van der Waals surface area contributed by atoms with Gasteiger partial charge in [0.2, 0.25) is 0 Å². The molecule has 3 heterocycles. The number of aromatic nitrogens is 3. The summed E-state index contributed by atoms with van der Waals surface area (Å²) in [6.07, 6.45) is 5.54. The van der Waals surface area contributed by atoms with Crippen LogP contribution in [0.3, 0.4) is 0 Å². The summed E-state index contributed by atoms with van der Waals surface area (Å²) in [6, 6.07) is 43.5. The van der Waals surface area contributed by atoms with Crippen LogP contribution in [0, 0.1) is 0 Å². The summed E-state index contributed by atoms with van der Waals surface area (Å²) < 4.78 is 12.9. The lowest BCUT2D eigenvalue weighted by molar-refractivity contribution is 0.669. The number of hydrogen-bond acceptors (Lipinski definition) is 5. The fraction of sp³-hybridized carbons (Fsp3) is 0.0682. The van der Waals surface area contributed by atoms with E-state index >= 15 is 0 Å². The van der Waals surface area contributed by atoms with Crippen molar-refractivity contribution in [3.63, 3.8) is 0 Å². The van der Waals surface area contributed by atoms with Gasteiger partial charge in [-0.05, 0) is 59.4 Å². The fourth-order valence-electron chi connectivity index (χ4n) is 7.38. The molecular formula is C44H29N3O2. The number of benzene rings is 6. The van der Waals surface area contributed by atoms with E-state index in [2.05, 4.69) is 73.7 Å². The van der Waals surface area contributed by atoms with Gasteiger partial charge in [-0.25, -0.2) is 15.0 Å². The normalized spacial score (nSPS) is 14.3. The Bertz CT molecular complexity index is 2770. The van der Waals surface area contributed by atoms with Gasteiger partial charge in [0.1, 0.15) is 22.3 Å². The highest BCUT2D eigenvalue weighted by atomic mass is 16.3. The molecule has 0 bridgehead atoms. The molecule has 0 saturated carbocycles. The van der Waals surface area contributed by atoms with E-state index in [1.165, 1.54) is 11.1 Å². The quantitative estimate of drug-likeness (QED) is 0.193. The molecule has 1 aliphatic rings. The molecule has 0 amide bonds. The highest BCUT2D eigenvalue weighted by molar-refractivity contribution is 6.16. The average molecular weight is 632 g/mol. The Morgan fingerprint density at radius 1 is 0.531 bits per heavy atom. The summed E-state index contributed by atoms with van der Waals surface area (Å²) in [6.45, 7) is 2.29. The van der Waals surface area contributed by atoms with E-state index in [0.29, 0.717) is 23.4 Å². The molecule has 0 fully saturated rings. The van der Waals surface area contributed by atoms with Crippen LogP contribution in [0.15, 0.2) is 142 Å². The first-order valence-electron chi connectivity index (χ1n) is 16.7. The molecule has 0 saturated heterocycles. The Labute approximate surface area is 282 Å². The van der Waals surface area contributed by atoms with Crippen molar-refractivity contribution in [2.45, 2.75) is 19.3 Å². The van der Waals surface area contributed by atoms with E-state index in [1.807, 2.05) is 72.8 Å². The van der Waals surface area contributed by atoms with Crippen molar-refractivity contribution in [2.24, 2.45) is 0 Å². The summed E-state index contributed by atoms with van der Waals surface area (Å²) >= 11 is 0. The van der Waals surface area contributed by atoms with Crippen molar-refractivity contribution >= 4 is 50.0 Å². The van der Waals surface area contributed by atoms with Crippen LogP contribution < -0.4 is 0 Å². The van der Waals surface area contributed by atoms with E-state index in [0.717, 1.165) is 78.1 Å². The van der Waals surface area contributed by atoms with Crippen LogP contribution in [-0.2, 0) is 0 Å². The lowest BCUT2D eigenvalue weighted by Gasteiger charge is -2.19. The predicted octanol–water partition coefficient (Wildman–Crippen LogP) is 11.9. The second-order valence-electron chi connectivity index (χ2n) is 12.8. The lowest BCUT2D eigenvalue weighted by Crippen LogP contribution is -2.01. The van der Waals surface area contributed by atoms with Gasteiger partial charge in [-0.2, -0.15) is 0 Å². The smallest absolute Gasteiger partial charge is 0.164 e. The van der Waals surface area contributed by atoms with Gasteiger partial charge in [-0.1, -0.05) is 116 Å². The summed E-state index contributed by atoms with van der Waals surface area (Å²) in [5, 5.41) is 4.02. The van der Waals surface area contributed by atoms with Crippen molar-refractivity contribution in [1.82, 2.24) is 15.0 Å². The Morgan fingerprint density at radius 3 is 2.00 bits per heavy atom. The topological polar surface area (TPSA) is 65.0 Å². The van der Waals surface area contributed by atoms with Crippen LogP contribution in [0.4, 0.5) is 0 Å². The number of allylic oxidation sites excluding steroid dienone is 1. The molecule has 9 aromatic rings. The Hall–Kier alpha value is -6.33. The zero-order chi connectivity index (χ0) is 32.5. The molecule has 0 aliphatic heterocycles. The Kier molecular flexibility index (Phi) is 6.15. The van der Waals surface area contributed by atoms with Crippen LogP contribution in [0.1, 0.15) is 30.4 Å². The molecule has 0 spiro atoms. The zero-order valence-corrected chi connectivity index (χ0v) is 26.7. The summed E-state index contributed by atoms with van der Waals surface area (Å²) in [7, 11) is 0. The third-order valence-electron chi connectivity index (χ3n) is 9.79. The Morgan fingerprint density at radius 2 is 1.18 bits per heavy atom. The Balaban J connectivity index is 1.25. The van der Waals surface area contributed by atoms with Gasteiger partial charge in [0.05, 0.1) is 0 Å². The highest BCUT2D eigenvalue weighted by Crippen LogP contribution is 2.43. The fourth-order valence-corrected chi connectivity index (χ4v) is 7.38. The van der Waals surface area contributed by atoms with Gasteiger partial charge in [-0.15, -0.1) is 0 Å². The molecule has 10 rings (SSSR count). The largest absolute Gasteiger partial charge is 0.456 e. The minimum Gasteiger partial charge on any atom is -0.456 e. The molecule has 0 N–H and O–H groups in total. The monoisotopic (exact) mass is 631 g/mol. The van der Waals surface area contributed by atoms with Gasteiger partial charge in [0.25, 0.3) is 0 Å². The number of nitrogens with zero attached hydrogens (tertiary/aromatic N) is 3. The first-order chi connectivity index (χ1) is 24.2. The molecular weight excluding hydrogens is 603 g/mol. The second-order valence-corrected chi connectivity index (χ2v) is 12.8. The number of furan rings is 2. The first kappa shape index (κ1) is 27.8. The molecule has 0 radical (unpaired) electrons. The zero-order valence-electron chi connectivity index (χ0n) is 26.7. The summed E-state index contributed by atoms with van der Waals surface area (Å²) in [5.74, 6) is 2.23. The number of fused-ring (bicyclic) bond motifs is 7. The van der Waals surface area contributed by atoms with Crippen molar-refractivity contribution in [1.29, 1.82) is 0 Å². The van der Waals surface area contributed by atoms with Crippen LogP contribution in [0.2, 0.25) is 0 Å². The van der Waals surface area contributed by atoms with Crippen molar-refractivity contribution in [3.8, 4) is 45.3 Å². The van der Waals surface area contributed by atoms with Crippen molar-refractivity contribution in [3.05, 3.63) is 145 Å². The number of rotatable bonds is 4. The second kappa shape index (κ2) is 10.9. The third kappa shape index (κ3) is 4.43. The molecule has 5 heteroatoms. The van der Waals surface area contributed by atoms with E-state index in [9.17, 15) is 0 Å². The van der Waals surface area contributed by atoms with E-state index in [4.69, 9.17) is 23.8 Å². The number of para-hydroxylation sites is 2. The van der Waals surface area contributed by atoms with Crippen LogP contribution in [-0.4, -0.2) is 15.0 Å². The summed E-state index contributed by atoms with van der Waals surface area (Å²) in [5.41, 5.74) is 10.8. The maximum Gasteiger partial charge on any atom is 0.164 e. The molecule has 1 atom stereocenters. The van der Waals surface area contributed by atoms with Crippen molar-refractivity contribution < 1.29 is 8.83 Å². The van der Waals surface area contributed by atoms with Gasteiger partial charge < -0.3 is 8.83 Å². The first-order valence-corrected chi connectivity index (χ1v) is 16.7. The lowest BCUT2D eigenvalue weighted by atomic mass is 9.86. The van der Waals surface area contributed by atoms with Crippen molar-refractivity contribution in [2.75, 3.05) is 0 Å². The molecule has 5 nitrogen and oxygen atoms in total. The molecule has 6 aromatic carbocycles. The third-order valence-corrected chi connectivity index (χ3v) is 9.79. The molecule has 1 aliphatic carbocycles. The SMILES string of the molecule is CC1CC=Cc2ccc(-c3ccc(-c4nc(-c5ccccc5)nc(-c5cccc6oc7ccccc7c56)n4)c4c3oc3ccccc34)cc21. The maximum atomic E-state index is 6.70. The molecule has 3 aromatic heterocycles. The minimum atomic E-state index is 0.460. The van der Waals surface area contributed by atoms with E-state index < -0.39 is 0 Å². The van der Waals surface area contributed by atoms with Crippen LogP contribution in [0.25, 0.3) is 95.2 Å². The van der Waals surface area contributed by atoms with Crippen LogP contribution >= 0.6 is 0 Å². The van der Waals surface area contributed by atoms with E-state index in [1.54, 1.807) is 0 Å². The standard InChI is InChI=1S/C44H29N3O2/c1-26-11-9-14-27-21-22-29(25-35(26)27)30-23-24-34(40-32-16-6-8-19-37(32)49-41(30)40)44-46-42(28-12-3-2-4-13-28)45-43(47-44)33-17-10-20-38-39(33)31-15-5-7-18-36(31)48-38/h2-10,12-26H,11H2,1H3. The molecule has 232 valence electrons. The van der Waals surface area contributed by atoms with Gasteiger partial charge in [0.15, 0.2) is 17.5 Å². The predicted molar refractivity (Wildman–Crippen MR) is 198 cm³/mol. The van der Waals surface area contributed by atoms with Gasteiger partial charge >= 0.3 is 0 Å². The van der Waals surface area contributed by atoms with Gasteiger partial charge in [0, 0.05) is 43.8 Å². The number of hydrogen-bond donors (Lipinski definition) is 0. The van der Waals surface area contributed by atoms with Gasteiger partial charge in [-0.3, -0.25) is 0 Å². The maximum absolute atomic E-state index is 6.70. The highest BCUT2D eigenvalue weighted by Gasteiger charge is 2.23. The minimum absolute atomic E-state index is 0.460. The average Bonchev–Trinajstić information content (AvgIpc) is 3.74. The summed E-state index contributed by atoms with van der Waals surface area (Å²) in [4.78, 5) is 15.5.